The summed E-state index contributed by atoms with van der Waals surface area (Å²) in [6, 6.07) is 20.7. The molecule has 0 saturated heterocycles. The average molecular weight is 444 g/mol. The van der Waals surface area contributed by atoms with Gasteiger partial charge in [0.05, 0.1) is 22.3 Å². The van der Waals surface area contributed by atoms with Gasteiger partial charge >= 0.3 is 0 Å². The van der Waals surface area contributed by atoms with Crippen molar-refractivity contribution in [2.24, 2.45) is 0 Å². The predicted molar refractivity (Wildman–Crippen MR) is 121 cm³/mol. The lowest BCUT2D eigenvalue weighted by Crippen LogP contribution is -2.21. The first-order chi connectivity index (χ1) is 15.6. The third-order valence-corrected chi connectivity index (χ3v) is 5.82. The number of thioether (sulfide) groups is 1. The van der Waals surface area contributed by atoms with Crippen LogP contribution in [-0.2, 0) is 5.75 Å². The molecule has 0 saturated carbocycles. The van der Waals surface area contributed by atoms with Crippen molar-refractivity contribution in [2.75, 3.05) is 0 Å². The molecular weight excluding hydrogens is 427 g/mol. The van der Waals surface area contributed by atoms with Gasteiger partial charge in [-0.05, 0) is 49.4 Å². The van der Waals surface area contributed by atoms with Crippen molar-refractivity contribution in [2.45, 2.75) is 17.8 Å². The second kappa shape index (κ2) is 8.39. The normalized spacial score (nSPS) is 11.2. The van der Waals surface area contributed by atoms with Gasteiger partial charge in [-0.1, -0.05) is 52.8 Å². The first kappa shape index (κ1) is 20.1. The van der Waals surface area contributed by atoms with Gasteiger partial charge in [0.25, 0.3) is 5.56 Å². The summed E-state index contributed by atoms with van der Waals surface area (Å²) in [6.45, 7) is 2.00. The molecule has 6 nitrogen and oxygen atoms in total. The third kappa shape index (κ3) is 3.92. The molecule has 0 radical (unpaired) electrons. The molecule has 3 aromatic carbocycles. The monoisotopic (exact) mass is 444 g/mol. The molecule has 0 N–H and O–H groups in total. The molecule has 8 heteroatoms. The molecule has 32 heavy (non-hydrogen) atoms. The van der Waals surface area contributed by atoms with Crippen LogP contribution in [0.2, 0.25) is 0 Å². The Morgan fingerprint density at radius 1 is 1.00 bits per heavy atom. The number of rotatable bonds is 5. The Hall–Kier alpha value is -3.78. The molecule has 0 aliphatic heterocycles. The van der Waals surface area contributed by atoms with Crippen LogP contribution in [0.5, 0.6) is 0 Å². The van der Waals surface area contributed by atoms with E-state index in [0.717, 1.165) is 11.1 Å². The SMILES string of the molecule is Cc1cccc(-c2noc(CSc3nc4ccccc4c(=O)n3-c3ccc(F)cc3)n2)c1. The van der Waals surface area contributed by atoms with Crippen LogP contribution < -0.4 is 5.56 Å². The van der Waals surface area contributed by atoms with Gasteiger partial charge < -0.3 is 4.52 Å². The van der Waals surface area contributed by atoms with Crippen LogP contribution in [-0.4, -0.2) is 19.7 Å². The Balaban J connectivity index is 1.51. The minimum Gasteiger partial charge on any atom is -0.338 e. The van der Waals surface area contributed by atoms with Crippen molar-refractivity contribution in [3.63, 3.8) is 0 Å². The molecule has 158 valence electrons. The summed E-state index contributed by atoms with van der Waals surface area (Å²) in [7, 11) is 0. The number of aromatic nitrogens is 4. The minimum atomic E-state index is -0.376. The number of nitrogens with zero attached hydrogens (tertiary/aromatic N) is 4. The van der Waals surface area contributed by atoms with Gasteiger partial charge in [0, 0.05) is 5.56 Å². The zero-order valence-electron chi connectivity index (χ0n) is 17.0. The average Bonchev–Trinajstić information content (AvgIpc) is 3.28. The number of aryl methyl sites for hydroxylation is 1. The smallest absolute Gasteiger partial charge is 0.266 e. The predicted octanol–water partition coefficient (Wildman–Crippen LogP) is 5.18. The first-order valence-electron chi connectivity index (χ1n) is 9.89. The maximum Gasteiger partial charge on any atom is 0.266 e. The molecule has 0 unspecified atom stereocenters. The standard InChI is InChI=1S/C24H17FN4O2S/c1-15-5-4-6-16(13-15)22-27-21(31-28-22)14-32-24-26-20-8-3-2-7-19(20)23(30)29(24)18-11-9-17(25)10-12-18/h2-13H,14H2,1H3. The molecule has 0 aliphatic carbocycles. The number of para-hydroxylation sites is 1. The molecule has 2 heterocycles. The van der Waals surface area contributed by atoms with Crippen LogP contribution in [0.1, 0.15) is 11.5 Å². The van der Waals surface area contributed by atoms with Crippen LogP contribution in [0.3, 0.4) is 0 Å². The van der Waals surface area contributed by atoms with Gasteiger partial charge in [-0.25, -0.2) is 9.37 Å². The molecule has 0 amide bonds. The Morgan fingerprint density at radius 3 is 2.62 bits per heavy atom. The van der Waals surface area contributed by atoms with Gasteiger partial charge in [0.1, 0.15) is 5.82 Å². The lowest BCUT2D eigenvalue weighted by Gasteiger charge is -2.12. The number of hydrogen-bond donors (Lipinski definition) is 0. The van der Waals surface area contributed by atoms with Crippen molar-refractivity contribution < 1.29 is 8.91 Å². The van der Waals surface area contributed by atoms with E-state index in [-0.39, 0.29) is 11.4 Å². The summed E-state index contributed by atoms with van der Waals surface area (Å²) in [5.41, 5.74) is 2.87. The molecule has 0 aliphatic rings. The van der Waals surface area contributed by atoms with Crippen LogP contribution in [0.4, 0.5) is 4.39 Å². The fraction of sp³-hybridized carbons (Fsp3) is 0.0833. The molecule has 0 spiro atoms. The van der Waals surface area contributed by atoms with E-state index in [0.29, 0.717) is 39.2 Å². The highest BCUT2D eigenvalue weighted by molar-refractivity contribution is 7.98. The van der Waals surface area contributed by atoms with Gasteiger partial charge in [0.15, 0.2) is 5.16 Å². The maximum absolute atomic E-state index is 13.5. The summed E-state index contributed by atoms with van der Waals surface area (Å²) >= 11 is 1.30. The maximum atomic E-state index is 13.5. The Morgan fingerprint density at radius 2 is 1.81 bits per heavy atom. The van der Waals surface area contributed by atoms with Crippen molar-refractivity contribution in [1.82, 2.24) is 19.7 Å². The third-order valence-electron chi connectivity index (χ3n) is 4.90. The highest BCUT2D eigenvalue weighted by Gasteiger charge is 2.16. The van der Waals surface area contributed by atoms with Gasteiger partial charge in [-0.2, -0.15) is 4.98 Å². The number of benzene rings is 3. The van der Waals surface area contributed by atoms with Crippen LogP contribution >= 0.6 is 11.8 Å². The first-order valence-corrected chi connectivity index (χ1v) is 10.9. The number of halogens is 1. The van der Waals surface area contributed by atoms with E-state index in [1.807, 2.05) is 37.3 Å². The summed E-state index contributed by atoms with van der Waals surface area (Å²) in [5.74, 6) is 0.871. The van der Waals surface area contributed by atoms with Crippen LogP contribution in [0.15, 0.2) is 87.3 Å². The van der Waals surface area contributed by atoms with E-state index in [9.17, 15) is 9.18 Å². The highest BCUT2D eigenvalue weighted by Crippen LogP contribution is 2.25. The summed E-state index contributed by atoms with van der Waals surface area (Å²) < 4.78 is 20.3. The van der Waals surface area contributed by atoms with Gasteiger partial charge in [-0.3, -0.25) is 9.36 Å². The van der Waals surface area contributed by atoms with E-state index in [1.165, 1.54) is 28.5 Å². The van der Waals surface area contributed by atoms with Gasteiger partial charge in [0.2, 0.25) is 11.7 Å². The topological polar surface area (TPSA) is 73.8 Å². The Bertz CT molecular complexity index is 1480. The fourth-order valence-electron chi connectivity index (χ4n) is 3.37. The molecule has 0 atom stereocenters. The summed E-state index contributed by atoms with van der Waals surface area (Å²) in [6.07, 6.45) is 0. The lowest BCUT2D eigenvalue weighted by molar-refractivity contribution is 0.391. The molecule has 0 bridgehead atoms. The van der Waals surface area contributed by atoms with Crippen molar-refractivity contribution in [3.05, 3.63) is 100 Å². The fourth-order valence-corrected chi connectivity index (χ4v) is 4.22. The Kier molecular flexibility index (Phi) is 5.28. The van der Waals surface area contributed by atoms with E-state index >= 15 is 0 Å². The number of hydrogen-bond acceptors (Lipinski definition) is 6. The van der Waals surface area contributed by atoms with Crippen LogP contribution in [0.25, 0.3) is 28.0 Å². The van der Waals surface area contributed by atoms with E-state index in [2.05, 4.69) is 15.1 Å². The number of fused-ring (bicyclic) bond motifs is 1. The Labute approximate surface area is 186 Å². The van der Waals surface area contributed by atoms with Gasteiger partial charge in [-0.15, -0.1) is 0 Å². The highest BCUT2D eigenvalue weighted by atomic mass is 32.2. The van der Waals surface area contributed by atoms with E-state index < -0.39 is 0 Å². The quantitative estimate of drug-likeness (QED) is 0.275. The largest absolute Gasteiger partial charge is 0.338 e. The molecular formula is C24H17FN4O2S. The molecule has 5 rings (SSSR count). The van der Waals surface area contributed by atoms with Crippen molar-refractivity contribution >= 4 is 22.7 Å². The lowest BCUT2D eigenvalue weighted by atomic mass is 10.1. The molecule has 5 aromatic rings. The molecule has 2 aromatic heterocycles. The van der Waals surface area contributed by atoms with Crippen LogP contribution in [0, 0.1) is 12.7 Å². The summed E-state index contributed by atoms with van der Waals surface area (Å²) in [5, 5.41) is 5.01. The summed E-state index contributed by atoms with van der Waals surface area (Å²) in [4.78, 5) is 22.4. The van der Waals surface area contributed by atoms with Crippen molar-refractivity contribution in [1.29, 1.82) is 0 Å². The second-order valence-electron chi connectivity index (χ2n) is 7.20. The minimum absolute atomic E-state index is 0.226. The molecule has 0 fully saturated rings. The van der Waals surface area contributed by atoms with E-state index in [1.54, 1.807) is 30.3 Å². The zero-order valence-corrected chi connectivity index (χ0v) is 17.8. The second-order valence-corrected chi connectivity index (χ2v) is 8.14. The van der Waals surface area contributed by atoms with E-state index in [4.69, 9.17) is 4.52 Å². The zero-order chi connectivity index (χ0) is 22.1. The van der Waals surface area contributed by atoms with Crippen molar-refractivity contribution in [3.8, 4) is 17.1 Å².